The van der Waals surface area contributed by atoms with Gasteiger partial charge in [0.25, 0.3) is 0 Å². The third kappa shape index (κ3) is 5.67. The highest BCUT2D eigenvalue weighted by Gasteiger charge is 2.21. The van der Waals surface area contributed by atoms with E-state index in [1.54, 1.807) is 37.4 Å². The standard InChI is InChI=1S/C18H22N2O4S2/c1-24-16-9-7-14(8-10-16)12-19-18(21)13-20(26(3,22)23)15-5-4-6-17(11-15)25-2/h4-11H,12-13H2,1-3H3,(H,19,21). The van der Waals surface area contributed by atoms with Gasteiger partial charge in [0.05, 0.1) is 19.1 Å². The van der Waals surface area contributed by atoms with Gasteiger partial charge in [-0.25, -0.2) is 8.42 Å². The predicted molar refractivity (Wildman–Crippen MR) is 105 cm³/mol. The molecule has 8 heteroatoms. The van der Waals surface area contributed by atoms with Gasteiger partial charge in [0.1, 0.15) is 12.3 Å². The number of hydrogen-bond acceptors (Lipinski definition) is 5. The van der Waals surface area contributed by atoms with E-state index < -0.39 is 10.0 Å². The van der Waals surface area contributed by atoms with E-state index in [9.17, 15) is 13.2 Å². The van der Waals surface area contributed by atoms with Crippen molar-refractivity contribution in [2.75, 3.05) is 30.5 Å². The fraction of sp³-hybridized carbons (Fsp3) is 0.278. The topological polar surface area (TPSA) is 75.7 Å². The lowest BCUT2D eigenvalue weighted by atomic mass is 10.2. The van der Waals surface area contributed by atoms with Crippen molar-refractivity contribution in [1.29, 1.82) is 0 Å². The number of sulfonamides is 1. The summed E-state index contributed by atoms with van der Waals surface area (Å²) in [5.74, 6) is 0.359. The SMILES string of the molecule is COc1ccc(CNC(=O)CN(c2cccc(SC)c2)S(C)(=O)=O)cc1. The van der Waals surface area contributed by atoms with E-state index in [1.807, 2.05) is 24.5 Å². The molecule has 1 N–H and O–H groups in total. The number of carbonyl (C=O) groups is 1. The molecular weight excluding hydrogens is 372 g/mol. The Morgan fingerprint density at radius 3 is 2.46 bits per heavy atom. The normalized spacial score (nSPS) is 11.0. The Labute approximate surface area is 158 Å². The molecule has 0 bridgehead atoms. The summed E-state index contributed by atoms with van der Waals surface area (Å²) in [6.07, 6.45) is 3.00. The van der Waals surface area contributed by atoms with Crippen LogP contribution >= 0.6 is 11.8 Å². The van der Waals surface area contributed by atoms with Crippen LogP contribution in [0.2, 0.25) is 0 Å². The molecule has 140 valence electrons. The fourth-order valence-corrected chi connectivity index (χ4v) is 3.60. The summed E-state index contributed by atoms with van der Waals surface area (Å²) >= 11 is 1.51. The van der Waals surface area contributed by atoms with Gasteiger partial charge in [-0.15, -0.1) is 11.8 Å². The highest BCUT2D eigenvalue weighted by Crippen LogP contribution is 2.23. The van der Waals surface area contributed by atoms with Crippen molar-refractivity contribution in [2.45, 2.75) is 11.4 Å². The number of ether oxygens (including phenoxy) is 1. The molecule has 0 spiro atoms. The molecule has 0 aromatic heterocycles. The Bertz CT molecular complexity index is 852. The molecule has 26 heavy (non-hydrogen) atoms. The number of nitrogens with zero attached hydrogens (tertiary/aromatic N) is 1. The van der Waals surface area contributed by atoms with Gasteiger partial charge in [-0.1, -0.05) is 18.2 Å². The van der Waals surface area contributed by atoms with Crippen molar-refractivity contribution in [3.63, 3.8) is 0 Å². The zero-order valence-corrected chi connectivity index (χ0v) is 16.6. The van der Waals surface area contributed by atoms with Crippen LogP contribution in [0.3, 0.4) is 0 Å². The lowest BCUT2D eigenvalue weighted by molar-refractivity contribution is -0.119. The van der Waals surface area contributed by atoms with Gasteiger partial charge in [0, 0.05) is 11.4 Å². The van der Waals surface area contributed by atoms with Crippen LogP contribution in [0, 0.1) is 0 Å². The number of nitrogens with one attached hydrogen (secondary N) is 1. The molecule has 6 nitrogen and oxygen atoms in total. The third-order valence-electron chi connectivity index (χ3n) is 3.68. The van der Waals surface area contributed by atoms with E-state index >= 15 is 0 Å². The Balaban J connectivity index is 2.06. The first-order valence-corrected chi connectivity index (χ1v) is 10.9. The van der Waals surface area contributed by atoms with Crippen LogP contribution in [0.1, 0.15) is 5.56 Å². The molecular formula is C18H22N2O4S2. The van der Waals surface area contributed by atoms with Crippen LogP contribution in [-0.4, -0.2) is 40.5 Å². The molecule has 0 aliphatic heterocycles. The summed E-state index contributed by atoms with van der Waals surface area (Å²) in [4.78, 5) is 13.2. The molecule has 0 saturated carbocycles. The smallest absolute Gasteiger partial charge is 0.241 e. The van der Waals surface area contributed by atoms with Crippen LogP contribution in [0.25, 0.3) is 0 Å². The van der Waals surface area contributed by atoms with Crippen LogP contribution < -0.4 is 14.4 Å². The number of benzene rings is 2. The number of amides is 1. The van der Waals surface area contributed by atoms with E-state index in [1.165, 1.54) is 11.8 Å². The Morgan fingerprint density at radius 2 is 1.88 bits per heavy atom. The summed E-state index contributed by atoms with van der Waals surface area (Å²) in [6, 6.07) is 14.4. The highest BCUT2D eigenvalue weighted by molar-refractivity contribution is 7.98. The van der Waals surface area contributed by atoms with Gasteiger partial charge in [-0.3, -0.25) is 9.10 Å². The van der Waals surface area contributed by atoms with Crippen molar-refractivity contribution in [3.05, 3.63) is 54.1 Å². The monoisotopic (exact) mass is 394 g/mol. The number of rotatable bonds is 8. The van der Waals surface area contributed by atoms with Crippen LogP contribution in [0.15, 0.2) is 53.4 Å². The van der Waals surface area contributed by atoms with Gasteiger partial charge >= 0.3 is 0 Å². The summed E-state index contributed by atoms with van der Waals surface area (Å²) in [7, 11) is -2.00. The van der Waals surface area contributed by atoms with Gasteiger partial charge in [0.2, 0.25) is 15.9 Å². The number of methoxy groups -OCH3 is 1. The molecule has 0 radical (unpaired) electrons. The van der Waals surface area contributed by atoms with Gasteiger partial charge < -0.3 is 10.1 Å². The third-order valence-corrected chi connectivity index (χ3v) is 5.54. The Hall–Kier alpha value is -2.19. The van der Waals surface area contributed by atoms with Gasteiger partial charge in [-0.2, -0.15) is 0 Å². The molecule has 2 aromatic rings. The summed E-state index contributed by atoms with van der Waals surface area (Å²) < 4.78 is 30.5. The number of carbonyl (C=O) groups excluding carboxylic acids is 1. The maximum atomic E-state index is 12.3. The number of thioether (sulfide) groups is 1. The van der Waals surface area contributed by atoms with Crippen molar-refractivity contribution in [3.8, 4) is 5.75 Å². The first-order valence-electron chi connectivity index (χ1n) is 7.85. The molecule has 0 aliphatic rings. The van der Waals surface area contributed by atoms with Gasteiger partial charge in [0.15, 0.2) is 0 Å². The average molecular weight is 395 g/mol. The zero-order valence-electron chi connectivity index (χ0n) is 14.9. The van der Waals surface area contributed by atoms with Crippen molar-refractivity contribution < 1.29 is 17.9 Å². The van der Waals surface area contributed by atoms with Gasteiger partial charge in [-0.05, 0) is 42.2 Å². The number of anilines is 1. The van der Waals surface area contributed by atoms with E-state index in [4.69, 9.17) is 4.74 Å². The molecule has 0 aliphatic carbocycles. The Morgan fingerprint density at radius 1 is 1.19 bits per heavy atom. The van der Waals surface area contributed by atoms with E-state index in [-0.39, 0.29) is 12.5 Å². The van der Waals surface area contributed by atoms with E-state index in [0.717, 1.165) is 26.8 Å². The first-order chi connectivity index (χ1) is 12.3. The minimum Gasteiger partial charge on any atom is -0.497 e. The molecule has 1 amide bonds. The van der Waals surface area contributed by atoms with Crippen molar-refractivity contribution >= 4 is 33.4 Å². The van der Waals surface area contributed by atoms with Crippen molar-refractivity contribution in [2.24, 2.45) is 0 Å². The highest BCUT2D eigenvalue weighted by atomic mass is 32.2. The second-order valence-corrected chi connectivity index (χ2v) is 8.38. The van der Waals surface area contributed by atoms with E-state index in [0.29, 0.717) is 12.2 Å². The molecule has 2 aromatic carbocycles. The molecule has 0 heterocycles. The lowest BCUT2D eigenvalue weighted by Gasteiger charge is -2.22. The van der Waals surface area contributed by atoms with Crippen molar-refractivity contribution in [1.82, 2.24) is 5.32 Å². The maximum absolute atomic E-state index is 12.3. The zero-order chi connectivity index (χ0) is 19.2. The molecule has 0 saturated heterocycles. The van der Waals surface area contributed by atoms with Crippen LogP contribution in [-0.2, 0) is 21.4 Å². The molecule has 0 fully saturated rings. The van der Waals surface area contributed by atoms with E-state index in [2.05, 4.69) is 5.32 Å². The fourth-order valence-electron chi connectivity index (χ4n) is 2.30. The number of hydrogen-bond donors (Lipinski definition) is 1. The second-order valence-electron chi connectivity index (χ2n) is 5.60. The summed E-state index contributed by atoms with van der Waals surface area (Å²) in [5.41, 5.74) is 1.37. The quantitative estimate of drug-likeness (QED) is 0.696. The first kappa shape index (κ1) is 20.1. The second kappa shape index (κ2) is 8.95. The lowest BCUT2D eigenvalue weighted by Crippen LogP contribution is -2.40. The molecule has 2 rings (SSSR count). The van der Waals surface area contributed by atoms with Crippen LogP contribution in [0.5, 0.6) is 5.75 Å². The molecule has 0 unspecified atom stereocenters. The molecule has 0 atom stereocenters. The minimum atomic E-state index is -3.58. The Kier molecular flexibility index (Phi) is 6.93. The summed E-state index contributed by atoms with van der Waals surface area (Å²) in [6.45, 7) is 0.0398. The average Bonchev–Trinajstić information content (AvgIpc) is 2.64. The minimum absolute atomic E-state index is 0.271. The largest absolute Gasteiger partial charge is 0.497 e. The van der Waals surface area contributed by atoms with Crippen LogP contribution in [0.4, 0.5) is 5.69 Å². The predicted octanol–water partition coefficient (Wildman–Crippen LogP) is 2.50. The maximum Gasteiger partial charge on any atom is 0.241 e. The summed E-state index contributed by atoms with van der Waals surface area (Å²) in [5, 5.41) is 2.75.